The Hall–Kier alpha value is -3.71. The highest BCUT2D eigenvalue weighted by molar-refractivity contribution is 7.18. The van der Waals surface area contributed by atoms with E-state index in [2.05, 4.69) is 17.1 Å². The average Bonchev–Trinajstić information content (AvgIpc) is 3.51. The second-order valence-electron chi connectivity index (χ2n) is 8.62. The number of hydrogen-bond acceptors (Lipinski definition) is 5. The lowest BCUT2D eigenvalue weighted by Crippen LogP contribution is -2.39. The van der Waals surface area contributed by atoms with Gasteiger partial charge < -0.3 is 14.0 Å². The van der Waals surface area contributed by atoms with Crippen LogP contribution in [0.4, 0.5) is 0 Å². The molecule has 1 amide bonds. The molecule has 3 aromatic heterocycles. The smallest absolute Gasteiger partial charge is 0.253 e. The molecule has 6 rings (SSSR count). The Morgan fingerprint density at radius 1 is 1.03 bits per heavy atom. The fourth-order valence-corrected chi connectivity index (χ4v) is 5.61. The topological polar surface area (TPSA) is 59.7 Å². The highest BCUT2D eigenvalue weighted by Crippen LogP contribution is 2.33. The highest BCUT2D eigenvalue weighted by atomic mass is 32.1. The zero-order valence-corrected chi connectivity index (χ0v) is 19.4. The number of ether oxygens (including phenoxy) is 1. The number of likely N-dealkylation sites (tertiary alicyclic amines) is 1. The van der Waals surface area contributed by atoms with Gasteiger partial charge in [0.1, 0.15) is 18.0 Å². The Morgan fingerprint density at radius 3 is 2.74 bits per heavy atom. The largest absolute Gasteiger partial charge is 0.487 e. The Bertz CT molecular complexity index is 1390. The molecule has 1 atom stereocenters. The first-order chi connectivity index (χ1) is 16.7. The molecule has 0 bridgehead atoms. The number of rotatable bonds is 5. The summed E-state index contributed by atoms with van der Waals surface area (Å²) >= 11 is 1.75. The second kappa shape index (κ2) is 8.91. The van der Waals surface area contributed by atoms with Crippen LogP contribution in [0.3, 0.4) is 0 Å². The molecule has 0 saturated carbocycles. The van der Waals surface area contributed by atoms with E-state index in [0.29, 0.717) is 24.6 Å². The van der Waals surface area contributed by atoms with Crippen molar-refractivity contribution in [1.82, 2.24) is 19.3 Å². The minimum absolute atomic E-state index is 0.0673. The zero-order chi connectivity index (χ0) is 22.9. The van der Waals surface area contributed by atoms with Gasteiger partial charge in [-0.05, 0) is 61.4 Å². The molecule has 0 N–H and O–H groups in total. The fourth-order valence-electron chi connectivity index (χ4n) is 4.52. The Balaban J connectivity index is 1.10. The average molecular weight is 469 g/mol. The van der Waals surface area contributed by atoms with Gasteiger partial charge >= 0.3 is 0 Å². The first kappa shape index (κ1) is 20.9. The van der Waals surface area contributed by atoms with Crippen LogP contribution in [0.5, 0.6) is 5.75 Å². The minimum Gasteiger partial charge on any atom is -0.487 e. The summed E-state index contributed by atoms with van der Waals surface area (Å²) in [7, 11) is 0. The molecule has 1 saturated heterocycles. The van der Waals surface area contributed by atoms with Crippen molar-refractivity contribution in [3.05, 3.63) is 95.4 Å². The van der Waals surface area contributed by atoms with Crippen molar-refractivity contribution in [2.24, 2.45) is 0 Å². The Labute approximate surface area is 201 Å². The summed E-state index contributed by atoms with van der Waals surface area (Å²) in [5, 5.41) is 1.13. The maximum Gasteiger partial charge on any atom is 0.253 e. The van der Waals surface area contributed by atoms with Gasteiger partial charge in [-0.1, -0.05) is 18.2 Å². The van der Waals surface area contributed by atoms with Crippen molar-refractivity contribution in [1.29, 1.82) is 0 Å². The monoisotopic (exact) mass is 468 g/mol. The SMILES string of the molecule is O=C(c1ccc(OCc2cn3ccccc3n2)cc1)N1CCC[C@@H](c2nc3ccccc3s2)C1. The van der Waals surface area contributed by atoms with Gasteiger partial charge in [-0.3, -0.25) is 4.79 Å². The Kier molecular flexibility index (Phi) is 5.47. The van der Waals surface area contributed by atoms with Crippen LogP contribution in [-0.2, 0) is 6.61 Å². The second-order valence-corrected chi connectivity index (χ2v) is 9.68. The Morgan fingerprint density at radius 2 is 1.88 bits per heavy atom. The number of piperidine rings is 1. The number of thiazole rings is 1. The molecule has 0 radical (unpaired) electrons. The summed E-state index contributed by atoms with van der Waals surface area (Å²) in [4.78, 5) is 24.5. The lowest BCUT2D eigenvalue weighted by atomic mass is 9.98. The van der Waals surface area contributed by atoms with Gasteiger partial charge in [0.2, 0.25) is 0 Å². The molecule has 34 heavy (non-hydrogen) atoms. The number of benzene rings is 2. The number of hydrogen-bond donors (Lipinski definition) is 0. The lowest BCUT2D eigenvalue weighted by molar-refractivity contribution is 0.0707. The summed E-state index contributed by atoms with van der Waals surface area (Å²) in [6.45, 7) is 1.88. The van der Waals surface area contributed by atoms with Gasteiger partial charge in [-0.15, -0.1) is 11.3 Å². The van der Waals surface area contributed by atoms with Gasteiger partial charge in [0.05, 0.1) is 20.9 Å². The summed E-state index contributed by atoms with van der Waals surface area (Å²) in [5.41, 5.74) is 3.49. The molecule has 0 aliphatic carbocycles. The zero-order valence-electron chi connectivity index (χ0n) is 18.6. The van der Waals surface area contributed by atoms with Gasteiger partial charge in [0.15, 0.2) is 0 Å². The van der Waals surface area contributed by atoms with Crippen LogP contribution in [0, 0.1) is 0 Å². The molecule has 5 aromatic rings. The molecule has 2 aromatic carbocycles. The first-order valence-corrected chi connectivity index (χ1v) is 12.3. The lowest BCUT2D eigenvalue weighted by Gasteiger charge is -2.32. The van der Waals surface area contributed by atoms with Crippen LogP contribution in [0.15, 0.2) is 79.1 Å². The first-order valence-electron chi connectivity index (χ1n) is 11.5. The van der Waals surface area contributed by atoms with Crippen LogP contribution >= 0.6 is 11.3 Å². The van der Waals surface area contributed by atoms with Crippen molar-refractivity contribution >= 4 is 33.1 Å². The molecule has 170 valence electrons. The predicted molar refractivity (Wildman–Crippen MR) is 133 cm³/mol. The van der Waals surface area contributed by atoms with Crippen molar-refractivity contribution in [3.8, 4) is 5.75 Å². The third-order valence-electron chi connectivity index (χ3n) is 6.27. The molecule has 1 aliphatic rings. The standard InChI is InChI=1S/C27H24N4O2S/c32-27(31-15-5-6-20(16-31)26-29-23-7-1-2-8-24(23)34-26)19-10-12-22(13-11-19)33-18-21-17-30-14-4-3-9-25(30)28-21/h1-4,7-14,17,20H,5-6,15-16,18H2/t20-/m1/s1. The van der Waals surface area contributed by atoms with Gasteiger partial charge in [-0.25, -0.2) is 9.97 Å². The molecule has 6 nitrogen and oxygen atoms in total. The molecule has 0 spiro atoms. The van der Waals surface area contributed by atoms with Crippen LogP contribution in [-0.4, -0.2) is 38.3 Å². The summed E-state index contributed by atoms with van der Waals surface area (Å²) in [5.74, 6) is 1.08. The van der Waals surface area contributed by atoms with Gasteiger partial charge in [0, 0.05) is 37.0 Å². The van der Waals surface area contributed by atoms with E-state index in [-0.39, 0.29) is 5.91 Å². The van der Waals surface area contributed by atoms with E-state index in [1.54, 1.807) is 11.3 Å². The summed E-state index contributed by atoms with van der Waals surface area (Å²) in [6.07, 6.45) is 5.99. The van der Waals surface area contributed by atoms with Crippen molar-refractivity contribution in [2.45, 2.75) is 25.4 Å². The quantitative estimate of drug-likeness (QED) is 0.340. The fraction of sp³-hybridized carbons (Fsp3) is 0.222. The molecule has 4 heterocycles. The van der Waals surface area contributed by atoms with Crippen molar-refractivity contribution in [2.75, 3.05) is 13.1 Å². The molecule has 1 aliphatic heterocycles. The van der Waals surface area contributed by atoms with E-state index >= 15 is 0 Å². The molecular formula is C27H24N4O2S. The van der Waals surface area contributed by atoms with Gasteiger partial charge in [-0.2, -0.15) is 0 Å². The number of imidazole rings is 1. The molecule has 0 unspecified atom stereocenters. The molecular weight excluding hydrogens is 444 g/mol. The van der Waals surface area contributed by atoms with E-state index in [4.69, 9.17) is 9.72 Å². The minimum atomic E-state index is 0.0673. The van der Waals surface area contributed by atoms with Crippen molar-refractivity contribution < 1.29 is 9.53 Å². The molecule has 7 heteroatoms. The maximum atomic E-state index is 13.2. The third-order valence-corrected chi connectivity index (χ3v) is 7.47. The van der Waals surface area contributed by atoms with Crippen LogP contribution in [0.2, 0.25) is 0 Å². The van der Waals surface area contributed by atoms with E-state index in [1.165, 1.54) is 4.70 Å². The summed E-state index contributed by atoms with van der Waals surface area (Å²) < 4.78 is 9.08. The van der Waals surface area contributed by atoms with Crippen molar-refractivity contribution in [3.63, 3.8) is 0 Å². The van der Waals surface area contributed by atoms with E-state index in [0.717, 1.165) is 47.0 Å². The number of amides is 1. The number of nitrogens with zero attached hydrogens (tertiary/aromatic N) is 4. The number of carbonyl (C=O) groups excluding carboxylic acids is 1. The normalized spacial score (nSPS) is 16.2. The van der Waals surface area contributed by atoms with Crippen LogP contribution in [0.25, 0.3) is 15.9 Å². The van der Waals surface area contributed by atoms with Gasteiger partial charge in [0.25, 0.3) is 5.91 Å². The number of fused-ring (bicyclic) bond motifs is 2. The summed E-state index contributed by atoms with van der Waals surface area (Å²) in [6, 6.07) is 21.6. The number of pyridine rings is 1. The van der Waals surface area contributed by atoms with E-state index < -0.39 is 0 Å². The number of para-hydroxylation sites is 1. The predicted octanol–water partition coefficient (Wildman–Crippen LogP) is 5.54. The van der Waals surface area contributed by atoms with Crippen LogP contribution in [0.1, 0.15) is 39.8 Å². The third kappa shape index (κ3) is 4.15. The molecule has 1 fully saturated rings. The number of aromatic nitrogens is 3. The highest BCUT2D eigenvalue weighted by Gasteiger charge is 2.27. The van der Waals surface area contributed by atoms with E-state index in [9.17, 15) is 4.79 Å². The maximum absolute atomic E-state index is 13.2. The van der Waals surface area contributed by atoms with E-state index in [1.807, 2.05) is 76.3 Å². The van der Waals surface area contributed by atoms with Crippen LogP contribution < -0.4 is 4.74 Å². The number of carbonyl (C=O) groups is 1.